The van der Waals surface area contributed by atoms with E-state index in [1.165, 1.54) is 0 Å². The molecule has 0 bridgehead atoms. The topological polar surface area (TPSA) is 84.9 Å². The lowest BCUT2D eigenvalue weighted by Gasteiger charge is -2.21. The maximum atomic E-state index is 13.2. The van der Waals surface area contributed by atoms with Crippen LogP contribution in [-0.4, -0.2) is 44.9 Å². The van der Waals surface area contributed by atoms with E-state index in [-0.39, 0.29) is 17.2 Å². The van der Waals surface area contributed by atoms with Gasteiger partial charge < -0.3 is 14.8 Å². The van der Waals surface area contributed by atoms with Gasteiger partial charge in [0.15, 0.2) is 11.5 Å². The SMILES string of the molecule is Cc1ccc(NC(=O)Cc2ccc3c(c2)OCCO3)cc1S(=O)(=O)N1CCCCCC1. The van der Waals surface area contributed by atoms with Gasteiger partial charge >= 0.3 is 0 Å². The average molecular weight is 445 g/mol. The summed E-state index contributed by atoms with van der Waals surface area (Å²) in [6.07, 6.45) is 4.02. The molecule has 2 aromatic carbocycles. The highest BCUT2D eigenvalue weighted by Crippen LogP contribution is 2.31. The Balaban J connectivity index is 1.48. The molecule has 1 amide bonds. The number of carbonyl (C=O) groups is 1. The first-order chi connectivity index (χ1) is 14.9. The number of fused-ring (bicyclic) bond motifs is 1. The van der Waals surface area contributed by atoms with Gasteiger partial charge in [-0.15, -0.1) is 0 Å². The third-order valence-electron chi connectivity index (χ3n) is 5.63. The smallest absolute Gasteiger partial charge is 0.243 e. The first kappa shape index (κ1) is 21.6. The van der Waals surface area contributed by atoms with Crippen molar-refractivity contribution in [2.24, 2.45) is 0 Å². The van der Waals surface area contributed by atoms with E-state index in [2.05, 4.69) is 5.32 Å². The molecule has 1 fully saturated rings. The summed E-state index contributed by atoms with van der Waals surface area (Å²) in [4.78, 5) is 12.9. The zero-order chi connectivity index (χ0) is 21.8. The molecule has 4 rings (SSSR count). The number of nitrogens with one attached hydrogen (secondary N) is 1. The molecule has 0 spiro atoms. The largest absolute Gasteiger partial charge is 0.486 e. The molecule has 1 N–H and O–H groups in total. The quantitative estimate of drug-likeness (QED) is 0.763. The molecule has 0 radical (unpaired) electrons. The van der Waals surface area contributed by atoms with Crippen molar-refractivity contribution in [2.75, 3.05) is 31.6 Å². The first-order valence-corrected chi connectivity index (χ1v) is 12.2. The Hall–Kier alpha value is -2.58. The fraction of sp³-hybridized carbons (Fsp3) is 0.435. The molecule has 2 aromatic rings. The maximum Gasteiger partial charge on any atom is 0.243 e. The van der Waals surface area contributed by atoms with Gasteiger partial charge in [0.25, 0.3) is 0 Å². The number of nitrogens with zero attached hydrogens (tertiary/aromatic N) is 1. The van der Waals surface area contributed by atoms with Gasteiger partial charge in [-0.25, -0.2) is 8.42 Å². The summed E-state index contributed by atoms with van der Waals surface area (Å²) in [7, 11) is -3.59. The molecule has 2 aliphatic rings. The monoisotopic (exact) mass is 444 g/mol. The summed E-state index contributed by atoms with van der Waals surface area (Å²) in [5, 5.41) is 2.83. The Morgan fingerprint density at radius 2 is 1.68 bits per heavy atom. The number of hydrogen-bond donors (Lipinski definition) is 1. The van der Waals surface area contributed by atoms with Crippen molar-refractivity contribution in [1.82, 2.24) is 4.31 Å². The van der Waals surface area contributed by atoms with E-state index in [4.69, 9.17) is 9.47 Å². The minimum Gasteiger partial charge on any atom is -0.486 e. The van der Waals surface area contributed by atoms with Gasteiger partial charge in [-0.2, -0.15) is 4.31 Å². The van der Waals surface area contributed by atoms with Crippen molar-refractivity contribution < 1.29 is 22.7 Å². The number of anilines is 1. The third-order valence-corrected chi connectivity index (χ3v) is 7.67. The number of benzene rings is 2. The summed E-state index contributed by atoms with van der Waals surface area (Å²) in [6, 6.07) is 10.5. The van der Waals surface area contributed by atoms with Gasteiger partial charge in [0, 0.05) is 18.8 Å². The van der Waals surface area contributed by atoms with Gasteiger partial charge in [-0.1, -0.05) is 25.0 Å². The lowest BCUT2D eigenvalue weighted by molar-refractivity contribution is -0.115. The summed E-state index contributed by atoms with van der Waals surface area (Å²) in [6.45, 7) is 3.87. The van der Waals surface area contributed by atoms with Crippen molar-refractivity contribution in [3.05, 3.63) is 47.5 Å². The number of rotatable bonds is 5. The number of aryl methyl sites for hydroxylation is 1. The van der Waals surface area contributed by atoms with Crippen LogP contribution in [0.5, 0.6) is 11.5 Å². The molecule has 7 nitrogen and oxygen atoms in total. The second-order valence-electron chi connectivity index (χ2n) is 8.00. The Bertz CT molecular complexity index is 1060. The van der Waals surface area contributed by atoms with Crippen molar-refractivity contribution in [2.45, 2.75) is 43.9 Å². The predicted molar refractivity (Wildman–Crippen MR) is 118 cm³/mol. The molecular formula is C23H28N2O5S. The molecule has 0 saturated carbocycles. The molecule has 8 heteroatoms. The van der Waals surface area contributed by atoms with Crippen LogP contribution >= 0.6 is 0 Å². The van der Waals surface area contributed by atoms with Crippen LogP contribution in [0.1, 0.15) is 36.8 Å². The Morgan fingerprint density at radius 3 is 2.42 bits per heavy atom. The molecule has 166 valence electrons. The van der Waals surface area contributed by atoms with Gasteiger partial charge in [0.1, 0.15) is 13.2 Å². The predicted octanol–water partition coefficient (Wildman–Crippen LogP) is 3.51. The van der Waals surface area contributed by atoms with Gasteiger partial charge in [0.05, 0.1) is 11.3 Å². The number of ether oxygens (including phenoxy) is 2. The Kier molecular flexibility index (Phi) is 6.48. The lowest BCUT2D eigenvalue weighted by atomic mass is 10.1. The highest BCUT2D eigenvalue weighted by molar-refractivity contribution is 7.89. The Labute approximate surface area is 183 Å². The van der Waals surface area contributed by atoms with Crippen LogP contribution < -0.4 is 14.8 Å². The fourth-order valence-electron chi connectivity index (χ4n) is 3.97. The van der Waals surface area contributed by atoms with Gasteiger partial charge in [0.2, 0.25) is 15.9 Å². The molecule has 0 aromatic heterocycles. The van der Waals surface area contributed by atoms with Crippen molar-refractivity contribution in [3.63, 3.8) is 0 Å². The summed E-state index contributed by atoms with van der Waals surface area (Å²) < 4.78 is 39.1. The second-order valence-corrected chi connectivity index (χ2v) is 9.91. The van der Waals surface area contributed by atoms with Crippen LogP contribution in [0.4, 0.5) is 5.69 Å². The van der Waals surface area contributed by atoms with E-state index < -0.39 is 10.0 Å². The van der Waals surface area contributed by atoms with E-state index in [9.17, 15) is 13.2 Å². The highest BCUT2D eigenvalue weighted by atomic mass is 32.2. The van der Waals surface area contributed by atoms with E-state index in [0.717, 1.165) is 31.2 Å². The van der Waals surface area contributed by atoms with Crippen LogP contribution in [0.25, 0.3) is 0 Å². The fourth-order valence-corrected chi connectivity index (χ4v) is 5.73. The third kappa shape index (κ3) is 5.02. The zero-order valence-electron chi connectivity index (χ0n) is 17.7. The van der Waals surface area contributed by atoms with Crippen LogP contribution in [0.15, 0.2) is 41.3 Å². The van der Waals surface area contributed by atoms with E-state index >= 15 is 0 Å². The van der Waals surface area contributed by atoms with Crippen LogP contribution in [0, 0.1) is 6.92 Å². The average Bonchev–Trinajstić information content (AvgIpc) is 3.05. The molecule has 0 aliphatic carbocycles. The second kappa shape index (κ2) is 9.28. The van der Waals surface area contributed by atoms with Crippen LogP contribution in [0.2, 0.25) is 0 Å². The number of carbonyl (C=O) groups excluding carboxylic acids is 1. The molecule has 31 heavy (non-hydrogen) atoms. The summed E-state index contributed by atoms with van der Waals surface area (Å²) in [5.74, 6) is 1.09. The lowest BCUT2D eigenvalue weighted by Crippen LogP contribution is -2.32. The molecular weight excluding hydrogens is 416 g/mol. The van der Waals surface area contributed by atoms with E-state index in [0.29, 0.717) is 49.1 Å². The maximum absolute atomic E-state index is 13.2. The number of hydrogen-bond acceptors (Lipinski definition) is 5. The zero-order valence-corrected chi connectivity index (χ0v) is 18.5. The summed E-state index contributed by atoms with van der Waals surface area (Å²) in [5.41, 5.74) is 1.95. The normalized spacial score (nSPS) is 17.1. The van der Waals surface area contributed by atoms with Crippen LogP contribution in [0.3, 0.4) is 0 Å². The van der Waals surface area contributed by atoms with E-state index in [1.54, 1.807) is 41.6 Å². The molecule has 1 saturated heterocycles. The van der Waals surface area contributed by atoms with Gasteiger partial charge in [-0.3, -0.25) is 4.79 Å². The first-order valence-electron chi connectivity index (χ1n) is 10.7. The van der Waals surface area contributed by atoms with Crippen molar-refractivity contribution in [1.29, 1.82) is 0 Å². The highest BCUT2D eigenvalue weighted by Gasteiger charge is 2.27. The number of amides is 1. The minimum atomic E-state index is -3.59. The molecule has 2 heterocycles. The summed E-state index contributed by atoms with van der Waals surface area (Å²) >= 11 is 0. The minimum absolute atomic E-state index is 0.152. The van der Waals surface area contributed by atoms with Crippen LogP contribution in [-0.2, 0) is 21.2 Å². The van der Waals surface area contributed by atoms with Crippen molar-refractivity contribution in [3.8, 4) is 11.5 Å². The molecule has 0 unspecified atom stereocenters. The molecule has 0 atom stereocenters. The molecule has 2 aliphatic heterocycles. The van der Waals surface area contributed by atoms with Crippen molar-refractivity contribution >= 4 is 21.6 Å². The number of sulfonamides is 1. The standard InChI is InChI=1S/C23H28N2O5S/c1-17-6-8-19(16-22(17)31(27,28)25-10-4-2-3-5-11-25)24-23(26)15-18-7-9-20-21(14-18)30-13-12-29-20/h6-9,14,16H,2-5,10-13,15H2,1H3,(H,24,26). The van der Waals surface area contributed by atoms with E-state index in [1.807, 2.05) is 6.07 Å². The van der Waals surface area contributed by atoms with Gasteiger partial charge in [-0.05, 0) is 55.2 Å². The Morgan fingerprint density at radius 1 is 0.968 bits per heavy atom.